The van der Waals surface area contributed by atoms with Gasteiger partial charge in [0.1, 0.15) is 5.82 Å². The molecule has 0 amide bonds. The Morgan fingerprint density at radius 2 is 2.10 bits per heavy atom. The van der Waals surface area contributed by atoms with Gasteiger partial charge in [-0.15, -0.1) is 11.8 Å². The summed E-state index contributed by atoms with van der Waals surface area (Å²) in [6, 6.07) is 1.13. The van der Waals surface area contributed by atoms with Gasteiger partial charge in [-0.2, -0.15) is 0 Å². The minimum absolute atomic E-state index is 0.264. The molecule has 0 aliphatic carbocycles. The molecule has 1 fully saturated rings. The Kier molecular flexibility index (Phi) is 4.95. The molecular formula is C14H18FNO4S. The summed E-state index contributed by atoms with van der Waals surface area (Å²) in [4.78, 5) is 11.4. The van der Waals surface area contributed by atoms with Gasteiger partial charge < -0.3 is 19.9 Å². The maximum atomic E-state index is 14.2. The first kappa shape index (κ1) is 15.9. The van der Waals surface area contributed by atoms with E-state index in [1.807, 2.05) is 0 Å². The van der Waals surface area contributed by atoms with Crippen LogP contribution in [0.2, 0.25) is 0 Å². The van der Waals surface area contributed by atoms with Crippen molar-refractivity contribution in [1.29, 1.82) is 0 Å². The van der Waals surface area contributed by atoms with E-state index >= 15 is 0 Å². The standard InChI is InChI=1S/C14H18FNO4S/c1-19-11-8(10-4-7(6-16-10)14(17)18)5-9(15)13(21-3)12(11)20-2/h5,7,10,16H,4,6H2,1-3H3,(H,17,18). The topological polar surface area (TPSA) is 67.8 Å². The highest BCUT2D eigenvalue weighted by molar-refractivity contribution is 7.98. The Bertz CT molecular complexity index is 552. The first-order valence-electron chi connectivity index (χ1n) is 6.48. The molecule has 21 heavy (non-hydrogen) atoms. The van der Waals surface area contributed by atoms with Gasteiger partial charge in [-0.25, -0.2) is 4.39 Å². The lowest BCUT2D eigenvalue weighted by atomic mass is 9.99. The van der Waals surface area contributed by atoms with Crippen molar-refractivity contribution in [2.45, 2.75) is 17.4 Å². The molecular weight excluding hydrogens is 297 g/mol. The molecule has 1 aromatic carbocycles. The molecule has 116 valence electrons. The van der Waals surface area contributed by atoms with E-state index in [0.29, 0.717) is 34.9 Å². The number of carboxylic acid groups (broad SMARTS) is 1. The van der Waals surface area contributed by atoms with Crippen molar-refractivity contribution in [2.24, 2.45) is 5.92 Å². The predicted octanol–water partition coefficient (Wildman–Crippen LogP) is 2.30. The van der Waals surface area contributed by atoms with Crippen LogP contribution in [0, 0.1) is 11.7 Å². The molecule has 2 atom stereocenters. The normalized spacial score (nSPS) is 21.3. The number of methoxy groups -OCH3 is 2. The van der Waals surface area contributed by atoms with Crippen molar-refractivity contribution < 1.29 is 23.8 Å². The lowest BCUT2D eigenvalue weighted by Crippen LogP contribution is -2.17. The average molecular weight is 315 g/mol. The minimum Gasteiger partial charge on any atom is -0.492 e. The molecule has 1 saturated heterocycles. The quantitative estimate of drug-likeness (QED) is 0.813. The van der Waals surface area contributed by atoms with Crippen LogP contribution in [0.5, 0.6) is 11.5 Å². The number of rotatable bonds is 5. The number of carbonyl (C=O) groups is 1. The molecule has 7 heteroatoms. The van der Waals surface area contributed by atoms with Crippen molar-refractivity contribution in [3.63, 3.8) is 0 Å². The summed E-state index contributed by atoms with van der Waals surface area (Å²) in [5.74, 6) is -0.922. The third-order valence-electron chi connectivity index (χ3n) is 3.64. The zero-order valence-electron chi connectivity index (χ0n) is 12.1. The van der Waals surface area contributed by atoms with Crippen LogP contribution in [0.4, 0.5) is 4.39 Å². The van der Waals surface area contributed by atoms with Crippen LogP contribution >= 0.6 is 11.8 Å². The first-order chi connectivity index (χ1) is 10.0. The van der Waals surface area contributed by atoms with Gasteiger partial charge in [0.05, 0.1) is 25.0 Å². The van der Waals surface area contributed by atoms with Gasteiger partial charge >= 0.3 is 5.97 Å². The second kappa shape index (κ2) is 6.53. The van der Waals surface area contributed by atoms with E-state index in [0.717, 1.165) is 0 Å². The molecule has 1 heterocycles. The zero-order chi connectivity index (χ0) is 15.6. The summed E-state index contributed by atoms with van der Waals surface area (Å²) in [5.41, 5.74) is 0.591. The zero-order valence-corrected chi connectivity index (χ0v) is 12.9. The van der Waals surface area contributed by atoms with E-state index in [-0.39, 0.29) is 6.04 Å². The van der Waals surface area contributed by atoms with Gasteiger partial charge in [0.15, 0.2) is 11.5 Å². The fourth-order valence-electron chi connectivity index (χ4n) is 2.62. The highest BCUT2D eigenvalue weighted by Crippen LogP contribution is 2.45. The third kappa shape index (κ3) is 2.94. The molecule has 5 nitrogen and oxygen atoms in total. The van der Waals surface area contributed by atoms with Crippen molar-refractivity contribution in [3.05, 3.63) is 17.4 Å². The molecule has 0 radical (unpaired) electrons. The smallest absolute Gasteiger partial charge is 0.307 e. The van der Waals surface area contributed by atoms with Crippen molar-refractivity contribution in [2.75, 3.05) is 27.0 Å². The number of ether oxygens (including phenoxy) is 2. The summed E-state index contributed by atoms with van der Waals surface area (Å²) in [6.45, 7) is 0.359. The van der Waals surface area contributed by atoms with Gasteiger partial charge in [0, 0.05) is 18.2 Å². The summed E-state index contributed by atoms with van der Waals surface area (Å²) < 4.78 is 24.9. The number of hydrogen-bond acceptors (Lipinski definition) is 5. The highest BCUT2D eigenvalue weighted by Gasteiger charge is 2.33. The van der Waals surface area contributed by atoms with Crippen molar-refractivity contribution in [1.82, 2.24) is 5.32 Å². The second-order valence-electron chi connectivity index (χ2n) is 4.78. The van der Waals surface area contributed by atoms with Gasteiger partial charge in [-0.05, 0) is 18.7 Å². The van der Waals surface area contributed by atoms with Crippen LogP contribution in [-0.2, 0) is 4.79 Å². The first-order valence-corrected chi connectivity index (χ1v) is 7.70. The van der Waals surface area contributed by atoms with Crippen molar-refractivity contribution >= 4 is 17.7 Å². The fraction of sp³-hybridized carbons (Fsp3) is 0.500. The van der Waals surface area contributed by atoms with E-state index in [2.05, 4.69) is 5.32 Å². The van der Waals surface area contributed by atoms with E-state index in [1.165, 1.54) is 32.0 Å². The maximum absolute atomic E-state index is 14.2. The monoisotopic (exact) mass is 315 g/mol. The van der Waals surface area contributed by atoms with E-state index in [9.17, 15) is 9.18 Å². The lowest BCUT2D eigenvalue weighted by molar-refractivity contribution is -0.141. The molecule has 0 aromatic heterocycles. The molecule has 0 saturated carbocycles. The van der Waals surface area contributed by atoms with Gasteiger partial charge in [-0.1, -0.05) is 0 Å². The third-order valence-corrected chi connectivity index (χ3v) is 4.43. The predicted molar refractivity (Wildman–Crippen MR) is 77.8 cm³/mol. The van der Waals surface area contributed by atoms with E-state index in [4.69, 9.17) is 14.6 Å². The molecule has 0 spiro atoms. The van der Waals surface area contributed by atoms with Crippen LogP contribution in [0.3, 0.4) is 0 Å². The molecule has 1 aliphatic heterocycles. The Balaban J connectivity index is 2.44. The number of thioether (sulfide) groups is 1. The van der Waals surface area contributed by atoms with Crippen LogP contribution in [0.25, 0.3) is 0 Å². The SMILES string of the molecule is COc1c(C2CC(C(=O)O)CN2)cc(F)c(SC)c1OC. The minimum atomic E-state index is -0.850. The summed E-state index contributed by atoms with van der Waals surface area (Å²) >= 11 is 1.24. The summed E-state index contributed by atoms with van der Waals surface area (Å²) in [5, 5.41) is 12.2. The largest absolute Gasteiger partial charge is 0.492 e. The number of aliphatic carboxylic acids is 1. The Hall–Kier alpha value is -1.47. The van der Waals surface area contributed by atoms with Gasteiger partial charge in [0.25, 0.3) is 0 Å². The lowest BCUT2D eigenvalue weighted by Gasteiger charge is -2.20. The molecule has 1 aromatic rings. The summed E-state index contributed by atoms with van der Waals surface area (Å²) in [6.07, 6.45) is 2.15. The molecule has 2 rings (SSSR count). The second-order valence-corrected chi connectivity index (χ2v) is 5.60. The molecule has 1 aliphatic rings. The summed E-state index contributed by atoms with van der Waals surface area (Å²) in [7, 11) is 2.95. The Labute approximate surface area is 126 Å². The number of halogens is 1. The van der Waals surface area contributed by atoms with E-state index < -0.39 is 17.7 Å². The number of nitrogens with one attached hydrogen (secondary N) is 1. The maximum Gasteiger partial charge on any atom is 0.307 e. The van der Waals surface area contributed by atoms with Crippen LogP contribution in [-0.4, -0.2) is 38.1 Å². The average Bonchev–Trinajstić information content (AvgIpc) is 2.95. The molecule has 2 N–H and O–H groups in total. The van der Waals surface area contributed by atoms with E-state index in [1.54, 1.807) is 6.26 Å². The van der Waals surface area contributed by atoms with Crippen LogP contribution < -0.4 is 14.8 Å². The Morgan fingerprint density at radius 3 is 2.57 bits per heavy atom. The highest BCUT2D eigenvalue weighted by atomic mass is 32.2. The molecule has 0 bridgehead atoms. The van der Waals surface area contributed by atoms with Gasteiger partial charge in [0.2, 0.25) is 0 Å². The van der Waals surface area contributed by atoms with Crippen molar-refractivity contribution in [3.8, 4) is 11.5 Å². The fourth-order valence-corrected chi connectivity index (χ4v) is 3.23. The number of carboxylic acids is 1. The van der Waals surface area contributed by atoms with Crippen LogP contribution in [0.15, 0.2) is 11.0 Å². The Morgan fingerprint density at radius 1 is 1.43 bits per heavy atom. The molecule has 2 unspecified atom stereocenters. The van der Waals surface area contributed by atoms with Gasteiger partial charge in [-0.3, -0.25) is 4.79 Å². The number of hydrogen-bond donors (Lipinski definition) is 2. The number of benzene rings is 1. The van der Waals surface area contributed by atoms with Crippen LogP contribution in [0.1, 0.15) is 18.0 Å².